The van der Waals surface area contributed by atoms with E-state index in [0.717, 1.165) is 32.1 Å². The molecule has 156 valence electrons. The summed E-state index contributed by atoms with van der Waals surface area (Å²) >= 11 is 0. The van der Waals surface area contributed by atoms with Gasteiger partial charge in [0.25, 0.3) is 0 Å². The number of ether oxygens (including phenoxy) is 3. The van der Waals surface area contributed by atoms with Crippen molar-refractivity contribution in [1.29, 1.82) is 0 Å². The largest absolute Gasteiger partial charge is 0.504 e. The van der Waals surface area contributed by atoms with Crippen molar-refractivity contribution in [3.05, 3.63) is 17.2 Å². The van der Waals surface area contributed by atoms with Crippen LogP contribution < -0.4 is 9.47 Å². The lowest BCUT2D eigenvalue weighted by Gasteiger charge is -2.55. The molecule has 1 aromatic rings. The zero-order valence-corrected chi connectivity index (χ0v) is 19.3. The summed E-state index contributed by atoms with van der Waals surface area (Å²) in [6.07, 6.45) is 4.65. The highest BCUT2D eigenvalue weighted by Gasteiger charge is 2.62. The van der Waals surface area contributed by atoms with Gasteiger partial charge in [-0.2, -0.15) is 0 Å². The van der Waals surface area contributed by atoms with Crippen LogP contribution in [0.25, 0.3) is 0 Å². The number of aryl methyl sites for hydroxylation is 1. The summed E-state index contributed by atoms with van der Waals surface area (Å²) in [5.41, 5.74) is 2.43. The molecule has 1 heterocycles. The fourth-order valence-electron chi connectivity index (χ4n) is 5.18. The van der Waals surface area contributed by atoms with Gasteiger partial charge < -0.3 is 23.7 Å². The number of rotatable bonds is 4. The smallest absolute Gasteiger partial charge is 0.236 e. The average Bonchev–Trinajstić information content (AvgIpc) is 2.95. The molecule has 3 aliphatic rings. The zero-order chi connectivity index (χ0) is 20.5. The molecule has 2 aliphatic carbocycles. The second kappa shape index (κ2) is 6.13. The van der Waals surface area contributed by atoms with Crippen molar-refractivity contribution in [3.63, 3.8) is 0 Å². The molecule has 6 heteroatoms. The van der Waals surface area contributed by atoms with E-state index in [1.54, 1.807) is 14.2 Å². The molecule has 1 aliphatic heterocycles. The van der Waals surface area contributed by atoms with Gasteiger partial charge >= 0.3 is 0 Å². The SMILES string of the molecule is COc1c(O)cc2c3c1OC1(OC)C[C@]3(CC2)CCC1O[Si](C)(C)C(C)(C)C. The van der Waals surface area contributed by atoms with Crippen molar-refractivity contribution in [2.45, 2.75) is 88.3 Å². The number of phenolic OH excluding ortho intramolecular Hbond substituents is 1. The molecule has 28 heavy (non-hydrogen) atoms. The van der Waals surface area contributed by atoms with Crippen molar-refractivity contribution >= 4 is 8.32 Å². The third-order valence-electron chi connectivity index (χ3n) is 7.73. The Morgan fingerprint density at radius 3 is 2.54 bits per heavy atom. The Hall–Kier alpha value is -1.24. The van der Waals surface area contributed by atoms with E-state index >= 15 is 0 Å². The molecule has 1 fully saturated rings. The molecular weight excluding hydrogens is 372 g/mol. The van der Waals surface area contributed by atoms with Crippen LogP contribution in [0.1, 0.15) is 57.6 Å². The monoisotopic (exact) mass is 406 g/mol. The third-order valence-corrected chi connectivity index (χ3v) is 12.2. The van der Waals surface area contributed by atoms with Crippen LogP contribution in [-0.4, -0.2) is 39.5 Å². The van der Waals surface area contributed by atoms with Crippen molar-refractivity contribution in [2.75, 3.05) is 14.2 Å². The first-order chi connectivity index (χ1) is 13.0. The Kier molecular flexibility index (Phi) is 4.39. The number of methoxy groups -OCH3 is 2. The minimum Gasteiger partial charge on any atom is -0.504 e. The average molecular weight is 407 g/mol. The molecule has 2 bridgehead atoms. The molecule has 0 amide bonds. The number of aromatic hydroxyl groups is 1. The Balaban J connectivity index is 1.80. The van der Waals surface area contributed by atoms with Gasteiger partial charge in [-0.05, 0) is 55.4 Å². The van der Waals surface area contributed by atoms with Crippen LogP contribution in [0.15, 0.2) is 6.07 Å². The molecule has 2 unspecified atom stereocenters. The summed E-state index contributed by atoms with van der Waals surface area (Å²) in [7, 11) is 1.30. The molecule has 3 atom stereocenters. The van der Waals surface area contributed by atoms with Crippen LogP contribution in [0.2, 0.25) is 18.1 Å². The van der Waals surface area contributed by atoms with Crippen LogP contribution in [-0.2, 0) is 21.0 Å². The highest BCUT2D eigenvalue weighted by atomic mass is 28.4. The first-order valence-electron chi connectivity index (χ1n) is 10.3. The highest BCUT2D eigenvalue weighted by Crippen LogP contribution is 2.63. The number of benzene rings is 1. The van der Waals surface area contributed by atoms with Gasteiger partial charge in [-0.1, -0.05) is 20.8 Å². The van der Waals surface area contributed by atoms with Gasteiger partial charge in [0.2, 0.25) is 11.5 Å². The first kappa shape index (κ1) is 20.0. The van der Waals surface area contributed by atoms with Crippen LogP contribution in [0.3, 0.4) is 0 Å². The maximum Gasteiger partial charge on any atom is 0.236 e. The van der Waals surface area contributed by atoms with Crippen molar-refractivity contribution < 1.29 is 23.7 Å². The lowest BCUT2D eigenvalue weighted by molar-refractivity contribution is -0.256. The maximum absolute atomic E-state index is 10.5. The lowest BCUT2D eigenvalue weighted by Crippen LogP contribution is -2.63. The number of hydrogen-bond donors (Lipinski definition) is 1. The molecule has 0 saturated heterocycles. The zero-order valence-electron chi connectivity index (χ0n) is 18.3. The van der Waals surface area contributed by atoms with Gasteiger partial charge in [0.05, 0.1) is 7.11 Å². The van der Waals surface area contributed by atoms with Crippen LogP contribution in [0, 0.1) is 0 Å². The number of fused-ring (bicyclic) bond motifs is 1. The standard InChI is InChI=1S/C22H34O5Si/c1-20(2,3)28(6,7)27-16-9-11-21-10-8-14-12-15(23)18(24-4)19(17(14)21)26-22(16,13-21)25-5/h12,16,23H,8-11,13H2,1-7H3/t16?,21-,22?/m0/s1. The normalized spacial score (nSPS) is 31.3. The van der Waals surface area contributed by atoms with Gasteiger partial charge in [-0.3, -0.25) is 0 Å². The highest BCUT2D eigenvalue weighted by molar-refractivity contribution is 6.74. The summed E-state index contributed by atoms with van der Waals surface area (Å²) in [4.78, 5) is 0. The molecule has 5 nitrogen and oxygen atoms in total. The van der Waals surface area contributed by atoms with Crippen molar-refractivity contribution in [2.24, 2.45) is 0 Å². The van der Waals surface area contributed by atoms with Crippen molar-refractivity contribution in [3.8, 4) is 17.2 Å². The Morgan fingerprint density at radius 1 is 1.21 bits per heavy atom. The molecule has 1 aromatic carbocycles. The van der Waals surface area contributed by atoms with E-state index in [9.17, 15) is 5.11 Å². The number of phenols is 1. The topological polar surface area (TPSA) is 57.2 Å². The Labute approximate surface area is 169 Å². The molecular formula is C22H34O5Si. The molecule has 0 aromatic heterocycles. The Bertz CT molecular complexity index is 799. The van der Waals surface area contributed by atoms with Gasteiger partial charge in [0, 0.05) is 24.5 Å². The van der Waals surface area contributed by atoms with Crippen LogP contribution >= 0.6 is 0 Å². The predicted octanol–water partition coefficient (Wildman–Crippen LogP) is 4.89. The Morgan fingerprint density at radius 2 is 1.93 bits per heavy atom. The van der Waals surface area contributed by atoms with E-state index in [-0.39, 0.29) is 22.3 Å². The van der Waals surface area contributed by atoms with E-state index < -0.39 is 14.1 Å². The van der Waals surface area contributed by atoms with E-state index in [1.165, 1.54) is 11.1 Å². The second-order valence-corrected chi connectivity index (χ2v) is 15.0. The second-order valence-electron chi connectivity index (χ2n) is 10.3. The third kappa shape index (κ3) is 2.64. The van der Waals surface area contributed by atoms with E-state index in [2.05, 4.69) is 33.9 Å². The van der Waals surface area contributed by atoms with E-state index in [1.807, 2.05) is 6.07 Å². The van der Waals surface area contributed by atoms with E-state index in [4.69, 9.17) is 18.6 Å². The fraction of sp³-hybridized carbons (Fsp3) is 0.727. The number of hydrogen-bond acceptors (Lipinski definition) is 5. The predicted molar refractivity (Wildman–Crippen MR) is 111 cm³/mol. The summed E-state index contributed by atoms with van der Waals surface area (Å²) < 4.78 is 25.1. The quantitative estimate of drug-likeness (QED) is 0.721. The van der Waals surface area contributed by atoms with Gasteiger partial charge in [-0.25, -0.2) is 0 Å². The summed E-state index contributed by atoms with van der Waals surface area (Å²) in [6, 6.07) is 1.85. The summed E-state index contributed by atoms with van der Waals surface area (Å²) in [5, 5.41) is 10.6. The summed E-state index contributed by atoms with van der Waals surface area (Å²) in [6.45, 7) is 11.3. The van der Waals surface area contributed by atoms with Gasteiger partial charge in [0.15, 0.2) is 19.8 Å². The molecule has 0 radical (unpaired) electrons. The van der Waals surface area contributed by atoms with Crippen molar-refractivity contribution in [1.82, 2.24) is 0 Å². The van der Waals surface area contributed by atoms with E-state index in [0.29, 0.717) is 11.5 Å². The fourth-order valence-corrected chi connectivity index (χ4v) is 6.54. The minimum absolute atomic E-state index is 0.0210. The summed E-state index contributed by atoms with van der Waals surface area (Å²) in [5.74, 6) is 0.371. The molecule has 1 N–H and O–H groups in total. The minimum atomic E-state index is -2.00. The maximum atomic E-state index is 10.5. The van der Waals surface area contributed by atoms with Gasteiger partial charge in [0.1, 0.15) is 6.10 Å². The molecule has 4 rings (SSSR count). The van der Waals surface area contributed by atoms with Crippen LogP contribution in [0.4, 0.5) is 0 Å². The molecule has 1 spiro atoms. The van der Waals surface area contributed by atoms with Crippen LogP contribution in [0.5, 0.6) is 17.2 Å². The van der Waals surface area contributed by atoms with Gasteiger partial charge in [-0.15, -0.1) is 0 Å². The lowest BCUT2D eigenvalue weighted by atomic mass is 9.65. The molecule has 1 saturated carbocycles. The first-order valence-corrected chi connectivity index (χ1v) is 13.2.